The lowest BCUT2D eigenvalue weighted by molar-refractivity contribution is -0.133. The van der Waals surface area contributed by atoms with Crippen LogP contribution < -0.4 is 0 Å². The van der Waals surface area contributed by atoms with Gasteiger partial charge in [-0.1, -0.05) is 91.0 Å². The molecule has 2 aliphatic heterocycles. The minimum atomic E-state index is -0.921. The molecule has 9 rings (SSSR count). The van der Waals surface area contributed by atoms with E-state index >= 15 is 0 Å². The predicted octanol–water partition coefficient (Wildman–Crippen LogP) is 9.01. The molecule has 1 amide bonds. The van der Waals surface area contributed by atoms with Crippen LogP contribution in [0.25, 0.3) is 43.7 Å². The summed E-state index contributed by atoms with van der Waals surface area (Å²) in [7, 11) is 3.94. The molecule has 3 atom stereocenters. The van der Waals surface area contributed by atoms with E-state index in [9.17, 15) is 9.59 Å². The van der Waals surface area contributed by atoms with Gasteiger partial charge in [0, 0.05) is 28.9 Å². The average Bonchev–Trinajstić information content (AvgIpc) is 4.09. The van der Waals surface area contributed by atoms with Crippen molar-refractivity contribution in [2.45, 2.75) is 49.9 Å². The molecule has 2 fully saturated rings. The van der Waals surface area contributed by atoms with Gasteiger partial charge in [0.2, 0.25) is 5.91 Å². The van der Waals surface area contributed by atoms with Gasteiger partial charge in [-0.05, 0) is 84.9 Å². The molecular formula is C46H45N7O2S. The molecule has 0 aliphatic carbocycles. The summed E-state index contributed by atoms with van der Waals surface area (Å²) in [4.78, 5) is 50.4. The van der Waals surface area contributed by atoms with Gasteiger partial charge in [0.15, 0.2) is 11.9 Å². The number of aldehydes is 1. The number of H-pyrrole nitrogens is 2. The Kier molecular flexibility index (Phi) is 9.71. The maximum atomic E-state index is 13.8. The maximum Gasteiger partial charge on any atom is 0.227 e. The van der Waals surface area contributed by atoms with E-state index in [1.165, 1.54) is 4.70 Å². The summed E-state index contributed by atoms with van der Waals surface area (Å²) in [6.45, 7) is 1.50. The lowest BCUT2D eigenvalue weighted by Gasteiger charge is -2.45. The fourth-order valence-corrected chi connectivity index (χ4v) is 9.91. The van der Waals surface area contributed by atoms with Crippen LogP contribution in [0.3, 0.4) is 0 Å². The molecule has 7 aromatic rings. The first-order chi connectivity index (χ1) is 27.4. The standard InChI is InChI=1S/C46H45N7O2S/c1-51(2)46(30-54,34-15-7-4-8-16-34)53-24-12-19-41(53)45-47-27-38(49-45)32-21-22-35(31-13-5-3-6-14-31)37(25-32)39-28-48-44(50-39)40-18-11-23-52(40)43(55)26-33-29-56-42-20-10-9-17-36(33)42/h3-10,13-17,20-22,25,27-30,40-41H,11-12,18-19,23-24,26H2,1-2H3,(H,47,49)(H,48,50)/t40-,41-,46-/m0/s1. The van der Waals surface area contributed by atoms with Crippen LogP contribution >= 0.6 is 11.3 Å². The molecule has 0 spiro atoms. The molecule has 2 aliphatic rings. The Morgan fingerprint density at radius 2 is 1.48 bits per heavy atom. The zero-order valence-corrected chi connectivity index (χ0v) is 32.5. The fraction of sp³-hybridized carbons (Fsp3) is 0.261. The Labute approximate surface area is 331 Å². The fourth-order valence-electron chi connectivity index (χ4n) is 8.95. The second kappa shape index (κ2) is 15.1. The van der Waals surface area contributed by atoms with Crippen molar-refractivity contribution in [2.24, 2.45) is 0 Å². The third kappa shape index (κ3) is 6.37. The van der Waals surface area contributed by atoms with Gasteiger partial charge in [-0.3, -0.25) is 19.4 Å². The number of nitrogens with one attached hydrogen (secondary N) is 2. The first-order valence-corrected chi connectivity index (χ1v) is 20.3. The van der Waals surface area contributed by atoms with Crippen LogP contribution in [0.2, 0.25) is 0 Å². The molecule has 2 N–H and O–H groups in total. The summed E-state index contributed by atoms with van der Waals surface area (Å²) < 4.78 is 1.21. The Balaban J connectivity index is 1.02. The first-order valence-electron chi connectivity index (χ1n) is 19.4. The van der Waals surface area contributed by atoms with Gasteiger partial charge in [0.25, 0.3) is 0 Å². The SMILES string of the molecule is CN(C)[C@](C=O)(c1ccccc1)N1CCC[C@H]1c1ncc(-c2ccc(-c3ccccc3)c(-c3cnc([C@@H]4CCCN4C(=O)Cc4csc5ccccc45)[nH]3)c2)[nH]1. The summed E-state index contributed by atoms with van der Waals surface area (Å²) in [6.07, 6.45) is 8.94. The van der Waals surface area contributed by atoms with Crippen molar-refractivity contribution in [1.82, 2.24) is 34.6 Å². The first kappa shape index (κ1) is 36.0. The van der Waals surface area contributed by atoms with E-state index in [1.807, 2.05) is 84.8 Å². The summed E-state index contributed by atoms with van der Waals surface area (Å²) in [5.74, 6) is 1.80. The molecule has 3 aromatic heterocycles. The van der Waals surface area contributed by atoms with Gasteiger partial charge in [0.1, 0.15) is 11.6 Å². The van der Waals surface area contributed by atoms with Gasteiger partial charge in [0.05, 0.1) is 42.3 Å². The minimum absolute atomic E-state index is 0.0645. The number of likely N-dealkylation sites (tertiary alicyclic amines) is 2. The van der Waals surface area contributed by atoms with Crippen LogP contribution in [0.4, 0.5) is 0 Å². The molecular weight excluding hydrogens is 715 g/mol. The predicted molar refractivity (Wildman–Crippen MR) is 223 cm³/mol. The Bertz CT molecular complexity index is 2490. The van der Waals surface area contributed by atoms with Gasteiger partial charge in [-0.25, -0.2) is 9.97 Å². The highest BCUT2D eigenvalue weighted by molar-refractivity contribution is 7.17. The number of carbonyl (C=O) groups excluding carboxylic acids is 2. The van der Waals surface area contributed by atoms with Gasteiger partial charge >= 0.3 is 0 Å². The number of amides is 1. The number of nitrogens with zero attached hydrogens (tertiary/aromatic N) is 5. The lowest BCUT2D eigenvalue weighted by Crippen LogP contribution is -2.56. The van der Waals surface area contributed by atoms with Crippen molar-refractivity contribution >= 4 is 33.6 Å². The van der Waals surface area contributed by atoms with E-state index in [4.69, 9.17) is 9.97 Å². The van der Waals surface area contributed by atoms with E-state index < -0.39 is 5.66 Å². The van der Waals surface area contributed by atoms with Crippen LogP contribution in [-0.4, -0.2) is 74.0 Å². The Morgan fingerprint density at radius 3 is 2.27 bits per heavy atom. The number of carbonyl (C=O) groups is 2. The Hall–Kier alpha value is -5.68. The highest BCUT2D eigenvalue weighted by Crippen LogP contribution is 2.43. The normalized spacial score (nSPS) is 18.5. The third-order valence-electron chi connectivity index (χ3n) is 11.7. The Morgan fingerprint density at radius 1 is 0.804 bits per heavy atom. The van der Waals surface area contributed by atoms with E-state index in [0.717, 1.165) is 107 Å². The summed E-state index contributed by atoms with van der Waals surface area (Å²) in [5.41, 5.74) is 7.12. The molecule has 0 bridgehead atoms. The number of aromatic nitrogens is 4. The quantitative estimate of drug-likeness (QED) is 0.128. The van der Waals surface area contributed by atoms with Crippen LogP contribution in [0, 0.1) is 0 Å². The van der Waals surface area contributed by atoms with Crippen molar-refractivity contribution in [1.29, 1.82) is 0 Å². The van der Waals surface area contributed by atoms with Crippen molar-refractivity contribution < 1.29 is 9.59 Å². The average molecular weight is 760 g/mol. The molecule has 2 saturated heterocycles. The molecule has 0 radical (unpaired) electrons. The molecule has 10 heteroatoms. The second-order valence-electron chi connectivity index (χ2n) is 15.1. The van der Waals surface area contributed by atoms with Gasteiger partial charge < -0.3 is 14.9 Å². The zero-order valence-electron chi connectivity index (χ0n) is 31.7. The summed E-state index contributed by atoms with van der Waals surface area (Å²) in [5, 5.41) is 3.28. The highest BCUT2D eigenvalue weighted by atomic mass is 32.1. The molecule has 9 nitrogen and oxygen atoms in total. The van der Waals surface area contributed by atoms with Crippen LogP contribution in [-0.2, 0) is 21.7 Å². The lowest BCUT2D eigenvalue weighted by atomic mass is 9.95. The van der Waals surface area contributed by atoms with Crippen LogP contribution in [0.15, 0.2) is 121 Å². The number of fused-ring (bicyclic) bond motifs is 1. The number of aromatic amines is 2. The summed E-state index contributed by atoms with van der Waals surface area (Å²) >= 11 is 1.69. The number of hydrogen-bond donors (Lipinski definition) is 2. The van der Waals surface area contributed by atoms with Crippen molar-refractivity contribution in [3.05, 3.63) is 144 Å². The van der Waals surface area contributed by atoms with Crippen molar-refractivity contribution in [2.75, 3.05) is 27.2 Å². The van der Waals surface area contributed by atoms with Gasteiger partial charge in [-0.15, -0.1) is 11.3 Å². The number of imidazole rings is 2. The number of rotatable bonds is 11. The number of likely N-dealkylation sites (N-methyl/N-ethyl adjacent to an activating group) is 1. The third-order valence-corrected chi connectivity index (χ3v) is 12.8. The smallest absolute Gasteiger partial charge is 0.227 e. The van der Waals surface area contributed by atoms with Crippen LogP contribution in [0.5, 0.6) is 0 Å². The van der Waals surface area contributed by atoms with Crippen LogP contribution in [0.1, 0.15) is 60.5 Å². The molecule has 56 heavy (non-hydrogen) atoms. The zero-order chi connectivity index (χ0) is 38.2. The number of thiophene rings is 1. The van der Waals surface area contributed by atoms with Crippen molar-refractivity contribution in [3.63, 3.8) is 0 Å². The minimum Gasteiger partial charge on any atom is -0.341 e. The largest absolute Gasteiger partial charge is 0.341 e. The van der Waals surface area contributed by atoms with E-state index in [2.05, 4.69) is 74.8 Å². The maximum absolute atomic E-state index is 13.8. The molecule has 0 unspecified atom stereocenters. The van der Waals surface area contributed by atoms with Gasteiger partial charge in [-0.2, -0.15) is 0 Å². The van der Waals surface area contributed by atoms with Crippen molar-refractivity contribution in [3.8, 4) is 33.6 Å². The molecule has 0 saturated carbocycles. The number of hydrogen-bond acceptors (Lipinski definition) is 7. The summed E-state index contributed by atoms with van der Waals surface area (Å²) in [6, 6.07) is 35.0. The second-order valence-corrected chi connectivity index (χ2v) is 16.0. The molecule has 4 aromatic carbocycles. The van der Waals surface area contributed by atoms with E-state index in [1.54, 1.807) is 11.3 Å². The highest BCUT2D eigenvalue weighted by Gasteiger charge is 2.47. The monoisotopic (exact) mass is 759 g/mol. The number of benzene rings is 4. The molecule has 282 valence electrons. The van der Waals surface area contributed by atoms with E-state index in [-0.39, 0.29) is 18.0 Å². The topological polar surface area (TPSA) is 101 Å². The van der Waals surface area contributed by atoms with E-state index in [0.29, 0.717) is 6.42 Å². The molecule has 5 heterocycles.